The summed E-state index contributed by atoms with van der Waals surface area (Å²) in [4.78, 5) is 5.19. The minimum absolute atomic E-state index is 0.963. The molecular weight excluding hydrogens is 851 g/mol. The summed E-state index contributed by atoms with van der Waals surface area (Å²) in [6.45, 7) is 0. The number of allylic oxidation sites excluding steroid dienone is 1. The van der Waals surface area contributed by atoms with Gasteiger partial charge in [-0.25, -0.2) is 4.98 Å². The summed E-state index contributed by atoms with van der Waals surface area (Å²) in [6, 6.07) is 77.7. The van der Waals surface area contributed by atoms with E-state index in [-0.39, 0.29) is 0 Å². The summed E-state index contributed by atoms with van der Waals surface area (Å²) in [6.07, 6.45) is 8.65. The maximum Gasteiger partial charge on any atom is 0.0744 e. The first-order valence-electron chi connectivity index (χ1n) is 24.6. The van der Waals surface area contributed by atoms with Gasteiger partial charge in [0.1, 0.15) is 0 Å². The highest BCUT2D eigenvalue weighted by atomic mass is 15.1. The first kappa shape index (κ1) is 39.1. The van der Waals surface area contributed by atoms with Gasteiger partial charge in [0.15, 0.2) is 0 Å². The molecule has 0 N–H and O–H groups in total. The summed E-state index contributed by atoms with van der Waals surface area (Å²) in [5.41, 5.74) is 22.9. The van der Waals surface area contributed by atoms with Gasteiger partial charge in [-0.05, 0) is 116 Å². The van der Waals surface area contributed by atoms with Gasteiger partial charge in [0.05, 0.1) is 50.4 Å². The molecule has 0 saturated heterocycles. The van der Waals surface area contributed by atoms with Gasteiger partial charge in [-0.2, -0.15) is 0 Å². The molecule has 0 bridgehead atoms. The lowest BCUT2D eigenvalue weighted by molar-refractivity contribution is 0.890. The molecular formula is C65H45N5. The van der Waals surface area contributed by atoms with Crippen LogP contribution < -0.4 is 0 Å². The van der Waals surface area contributed by atoms with Crippen LogP contribution in [-0.2, 0) is 19.3 Å². The predicted molar refractivity (Wildman–Crippen MR) is 290 cm³/mol. The Balaban J connectivity index is 0.954. The SMILES string of the molecule is C1=Cc2c(n(-c3cccc(-c4cccc(-c5ccccc5)n4)c3)c3c2ccc2c3c3ccccc3n2-c2cccc(-n3c4c(c5ccccc53)CCc3c-4n(-c4ccccc4)c4ccccc34)c2)CC1. The van der Waals surface area contributed by atoms with Crippen LogP contribution in [0.25, 0.3) is 117 Å². The van der Waals surface area contributed by atoms with Crippen LogP contribution in [0.4, 0.5) is 0 Å². The normalized spacial score (nSPS) is 13.1. The van der Waals surface area contributed by atoms with Crippen LogP contribution in [0.5, 0.6) is 0 Å². The van der Waals surface area contributed by atoms with E-state index in [9.17, 15) is 0 Å². The number of benzene rings is 8. The molecule has 330 valence electrons. The fourth-order valence-electron chi connectivity index (χ4n) is 12.2. The van der Waals surface area contributed by atoms with Crippen molar-refractivity contribution in [2.24, 2.45) is 0 Å². The smallest absolute Gasteiger partial charge is 0.0744 e. The number of fused-ring (bicyclic) bond motifs is 14. The number of aryl methyl sites for hydroxylation is 2. The van der Waals surface area contributed by atoms with Crippen LogP contribution in [0, 0.1) is 0 Å². The van der Waals surface area contributed by atoms with Crippen molar-refractivity contribution in [2.75, 3.05) is 0 Å². The molecule has 0 spiro atoms. The third-order valence-corrected chi connectivity index (χ3v) is 15.1. The average molecular weight is 896 g/mol. The average Bonchev–Trinajstić information content (AvgIpc) is 4.17. The number of nitrogens with zero attached hydrogens (tertiary/aromatic N) is 5. The Morgan fingerprint density at radius 3 is 1.60 bits per heavy atom. The van der Waals surface area contributed by atoms with Crippen LogP contribution in [-0.4, -0.2) is 23.3 Å². The fourth-order valence-corrected chi connectivity index (χ4v) is 12.2. The summed E-state index contributed by atoms with van der Waals surface area (Å²) in [5.74, 6) is 0. The highest BCUT2D eigenvalue weighted by molar-refractivity contribution is 6.22. The zero-order valence-electron chi connectivity index (χ0n) is 38.4. The number of rotatable bonds is 6. The molecule has 0 aliphatic heterocycles. The topological polar surface area (TPSA) is 32.6 Å². The van der Waals surface area contributed by atoms with Gasteiger partial charge in [-0.15, -0.1) is 0 Å². The largest absolute Gasteiger partial charge is 0.312 e. The summed E-state index contributed by atoms with van der Waals surface area (Å²) >= 11 is 0. The first-order chi connectivity index (χ1) is 34.8. The monoisotopic (exact) mass is 895 g/mol. The van der Waals surface area contributed by atoms with Gasteiger partial charge in [0.2, 0.25) is 0 Å². The first-order valence-corrected chi connectivity index (χ1v) is 24.6. The maximum atomic E-state index is 5.19. The molecule has 0 atom stereocenters. The lowest BCUT2D eigenvalue weighted by Gasteiger charge is -2.21. The summed E-state index contributed by atoms with van der Waals surface area (Å²) in [5, 5.41) is 6.43. The number of pyridine rings is 1. The highest BCUT2D eigenvalue weighted by Gasteiger charge is 2.32. The molecule has 0 saturated carbocycles. The highest BCUT2D eigenvalue weighted by Crippen LogP contribution is 2.48. The Bertz CT molecular complexity index is 4290. The summed E-state index contributed by atoms with van der Waals surface area (Å²) < 4.78 is 10.1. The standard InChI is InChI=1S/C65H45N5/c1-3-18-42(19-4-1)55-30-17-31-56(66-55)43-20-15-23-45(40-43)69-58-33-12-7-26-48(58)51-38-39-61-62(63(51)69)54-29-10-14-35-60(54)67(61)46-24-16-25-47(41-46)70-59-34-13-9-28-50(59)53-37-36-52-49-27-8-11-32-57(49)68(64(52)65(53)70)44-21-5-2-6-22-44/h1-11,13-32,34-35,38-41H,12,33,36-37H2. The van der Waals surface area contributed by atoms with Crippen molar-refractivity contribution in [3.63, 3.8) is 0 Å². The molecule has 5 heterocycles. The molecule has 15 rings (SSSR count). The van der Waals surface area contributed by atoms with Crippen molar-refractivity contribution >= 4 is 60.6 Å². The van der Waals surface area contributed by atoms with Crippen molar-refractivity contribution < 1.29 is 0 Å². The van der Waals surface area contributed by atoms with Crippen LogP contribution in [0.15, 0.2) is 218 Å². The van der Waals surface area contributed by atoms with E-state index in [1.165, 1.54) is 94.0 Å². The van der Waals surface area contributed by atoms with E-state index in [0.29, 0.717) is 0 Å². The molecule has 8 aromatic carbocycles. The quantitative estimate of drug-likeness (QED) is 0.164. The Labute approximate surface area is 405 Å². The molecule has 2 aliphatic carbocycles. The van der Waals surface area contributed by atoms with Gasteiger partial charge in [0.25, 0.3) is 0 Å². The lowest BCUT2D eigenvalue weighted by Crippen LogP contribution is -2.10. The van der Waals surface area contributed by atoms with E-state index in [1.807, 2.05) is 0 Å². The van der Waals surface area contributed by atoms with Crippen LogP contribution in [0.3, 0.4) is 0 Å². The zero-order chi connectivity index (χ0) is 45.9. The zero-order valence-corrected chi connectivity index (χ0v) is 38.4. The molecule has 5 heteroatoms. The van der Waals surface area contributed by atoms with E-state index in [4.69, 9.17) is 4.98 Å². The van der Waals surface area contributed by atoms with Crippen molar-refractivity contribution in [3.05, 3.63) is 241 Å². The Morgan fingerprint density at radius 1 is 0.357 bits per heavy atom. The van der Waals surface area contributed by atoms with E-state index >= 15 is 0 Å². The fraction of sp³-hybridized carbons (Fsp3) is 0.0615. The van der Waals surface area contributed by atoms with Crippen LogP contribution in [0.1, 0.15) is 28.8 Å². The van der Waals surface area contributed by atoms with Gasteiger partial charge >= 0.3 is 0 Å². The molecule has 0 unspecified atom stereocenters. The van der Waals surface area contributed by atoms with E-state index in [1.54, 1.807) is 0 Å². The second-order valence-corrected chi connectivity index (χ2v) is 18.9. The van der Waals surface area contributed by atoms with E-state index in [0.717, 1.165) is 65.3 Å². The predicted octanol–water partition coefficient (Wildman–Crippen LogP) is 16.1. The third-order valence-electron chi connectivity index (χ3n) is 15.1. The molecule has 0 amide bonds. The Kier molecular flexibility index (Phi) is 8.54. The second kappa shape index (κ2) is 15.3. The molecule has 0 radical (unpaired) electrons. The van der Waals surface area contributed by atoms with Gasteiger partial charge < -0.3 is 18.3 Å². The molecule has 5 nitrogen and oxygen atoms in total. The number of hydrogen-bond acceptors (Lipinski definition) is 1. The van der Waals surface area contributed by atoms with Crippen LogP contribution >= 0.6 is 0 Å². The number of aromatic nitrogens is 5. The van der Waals surface area contributed by atoms with Gasteiger partial charge in [-0.3, -0.25) is 0 Å². The third kappa shape index (κ3) is 5.69. The molecule has 0 fully saturated rings. The molecule has 70 heavy (non-hydrogen) atoms. The van der Waals surface area contributed by atoms with E-state index < -0.39 is 0 Å². The van der Waals surface area contributed by atoms with Crippen LogP contribution in [0.2, 0.25) is 0 Å². The van der Waals surface area contributed by atoms with Crippen molar-refractivity contribution in [1.82, 2.24) is 23.3 Å². The van der Waals surface area contributed by atoms with Gasteiger partial charge in [-0.1, -0.05) is 146 Å². The molecule has 13 aromatic rings. The minimum Gasteiger partial charge on any atom is -0.312 e. The lowest BCUT2D eigenvalue weighted by atomic mass is 9.92. The second-order valence-electron chi connectivity index (χ2n) is 18.9. The Morgan fingerprint density at radius 2 is 0.886 bits per heavy atom. The molecule has 2 aliphatic rings. The molecule has 5 aromatic heterocycles. The van der Waals surface area contributed by atoms with Crippen molar-refractivity contribution in [1.29, 1.82) is 0 Å². The summed E-state index contributed by atoms with van der Waals surface area (Å²) in [7, 11) is 0. The van der Waals surface area contributed by atoms with E-state index in [2.05, 4.69) is 243 Å². The number of hydrogen-bond donors (Lipinski definition) is 0. The Hall–Kier alpha value is -8.93. The minimum atomic E-state index is 0.963. The van der Waals surface area contributed by atoms with Crippen molar-refractivity contribution in [2.45, 2.75) is 25.7 Å². The number of para-hydroxylation sites is 4. The van der Waals surface area contributed by atoms with Crippen molar-refractivity contribution in [3.8, 4) is 56.7 Å². The maximum absolute atomic E-state index is 5.19. The van der Waals surface area contributed by atoms with Gasteiger partial charge in [0, 0.05) is 72.1 Å².